The number of nitrogens with zero attached hydrogens (tertiary/aromatic N) is 1. The van der Waals surface area contributed by atoms with Gasteiger partial charge in [0.25, 0.3) is 5.91 Å². The van der Waals surface area contributed by atoms with Crippen molar-refractivity contribution in [2.24, 2.45) is 5.73 Å². The number of rotatable bonds is 1. The van der Waals surface area contributed by atoms with E-state index in [2.05, 4.69) is 15.6 Å². The number of carbonyl (C=O) groups excluding carboxylic acids is 2. The molecule has 0 radical (unpaired) electrons. The van der Waals surface area contributed by atoms with Gasteiger partial charge in [0.05, 0.1) is 11.8 Å². The Morgan fingerprint density at radius 2 is 2.25 bits per heavy atom. The van der Waals surface area contributed by atoms with Crippen LogP contribution in [-0.4, -0.2) is 22.1 Å². The highest BCUT2D eigenvalue weighted by Gasteiger charge is 2.05. The number of nitrogens with two attached hydrogens (primary N) is 1. The number of urea groups is 1. The molecule has 3 amide bonds. The number of hydrazine groups is 1. The van der Waals surface area contributed by atoms with Crippen LogP contribution in [0.4, 0.5) is 4.79 Å². The van der Waals surface area contributed by atoms with Gasteiger partial charge in [-0.2, -0.15) is 5.10 Å². The second kappa shape index (κ2) is 3.37. The van der Waals surface area contributed by atoms with Crippen LogP contribution in [0.2, 0.25) is 0 Å². The summed E-state index contributed by atoms with van der Waals surface area (Å²) in [6.07, 6.45) is 2.70. The average Bonchev–Trinajstić information content (AvgIpc) is 2.51. The number of primary amides is 1. The van der Waals surface area contributed by atoms with Crippen LogP contribution in [0.5, 0.6) is 0 Å². The van der Waals surface area contributed by atoms with E-state index >= 15 is 0 Å². The maximum atomic E-state index is 11.0. The molecule has 1 aromatic rings. The number of aromatic amines is 1. The van der Waals surface area contributed by atoms with Crippen molar-refractivity contribution in [3.05, 3.63) is 18.0 Å². The third-order valence-corrected chi connectivity index (χ3v) is 1.06. The van der Waals surface area contributed by atoms with Gasteiger partial charge in [0.1, 0.15) is 0 Å². The SMILES string of the molecule is NC(=O)NNC(=O)c1cn[nH]c1. The predicted octanol–water partition coefficient (Wildman–Crippen LogP) is -1.28. The molecule has 5 N–H and O–H groups in total. The maximum Gasteiger partial charge on any atom is 0.330 e. The first-order valence-electron chi connectivity index (χ1n) is 3.04. The van der Waals surface area contributed by atoms with E-state index in [1.807, 2.05) is 5.43 Å². The van der Waals surface area contributed by atoms with E-state index in [1.165, 1.54) is 12.4 Å². The summed E-state index contributed by atoms with van der Waals surface area (Å²) in [6.45, 7) is 0. The Bertz CT molecular complexity index is 280. The molecule has 0 aliphatic rings. The van der Waals surface area contributed by atoms with Gasteiger partial charge in [-0.25, -0.2) is 10.2 Å². The van der Waals surface area contributed by atoms with E-state index in [0.29, 0.717) is 5.56 Å². The summed E-state index contributed by atoms with van der Waals surface area (Å²) in [5.74, 6) is -0.484. The zero-order valence-corrected chi connectivity index (χ0v) is 6.00. The van der Waals surface area contributed by atoms with Crippen molar-refractivity contribution in [1.29, 1.82) is 0 Å². The molecule has 0 spiro atoms. The summed E-state index contributed by atoms with van der Waals surface area (Å²) in [6, 6.07) is -0.827. The van der Waals surface area contributed by atoms with Crippen molar-refractivity contribution in [2.75, 3.05) is 0 Å². The topological polar surface area (TPSA) is 113 Å². The van der Waals surface area contributed by atoms with Crippen LogP contribution in [0.25, 0.3) is 0 Å². The van der Waals surface area contributed by atoms with Gasteiger partial charge in [-0.3, -0.25) is 15.3 Å². The quantitative estimate of drug-likeness (QED) is 0.393. The van der Waals surface area contributed by atoms with Crippen LogP contribution in [0.15, 0.2) is 12.4 Å². The minimum absolute atomic E-state index is 0.309. The van der Waals surface area contributed by atoms with E-state index in [9.17, 15) is 9.59 Å². The number of aromatic nitrogens is 2. The van der Waals surface area contributed by atoms with Crippen molar-refractivity contribution >= 4 is 11.9 Å². The zero-order chi connectivity index (χ0) is 8.97. The van der Waals surface area contributed by atoms with Crippen LogP contribution in [0.3, 0.4) is 0 Å². The van der Waals surface area contributed by atoms with Crippen LogP contribution < -0.4 is 16.6 Å². The van der Waals surface area contributed by atoms with Crippen molar-refractivity contribution in [3.63, 3.8) is 0 Å². The molecular weight excluding hydrogens is 162 g/mol. The lowest BCUT2D eigenvalue weighted by atomic mass is 10.3. The van der Waals surface area contributed by atoms with Gasteiger partial charge in [0.2, 0.25) is 0 Å². The standard InChI is InChI=1S/C5H7N5O2/c6-5(12)10-9-4(11)3-1-7-8-2-3/h1-2H,(H,7,8)(H,9,11)(H3,6,10,12). The third kappa shape index (κ3) is 1.97. The zero-order valence-electron chi connectivity index (χ0n) is 6.00. The molecule has 1 heterocycles. The van der Waals surface area contributed by atoms with E-state index in [-0.39, 0.29) is 0 Å². The molecule has 0 saturated carbocycles. The highest BCUT2D eigenvalue weighted by molar-refractivity contribution is 5.94. The average molecular weight is 169 g/mol. The van der Waals surface area contributed by atoms with Gasteiger partial charge in [-0.05, 0) is 0 Å². The molecule has 0 fully saturated rings. The minimum atomic E-state index is -0.827. The van der Waals surface area contributed by atoms with Crippen LogP contribution in [0, 0.1) is 0 Å². The Kier molecular flexibility index (Phi) is 2.26. The van der Waals surface area contributed by atoms with E-state index in [4.69, 9.17) is 5.73 Å². The molecule has 0 aromatic carbocycles. The molecule has 64 valence electrons. The Hall–Kier alpha value is -2.05. The number of hydrogen-bond acceptors (Lipinski definition) is 3. The first-order chi connectivity index (χ1) is 5.70. The lowest BCUT2D eigenvalue weighted by Crippen LogP contribution is -2.44. The summed E-state index contributed by atoms with van der Waals surface area (Å²) in [5, 5.41) is 5.98. The van der Waals surface area contributed by atoms with Gasteiger partial charge in [-0.1, -0.05) is 0 Å². The highest BCUT2D eigenvalue weighted by atomic mass is 16.2. The summed E-state index contributed by atoms with van der Waals surface area (Å²) in [4.78, 5) is 21.1. The largest absolute Gasteiger partial charge is 0.350 e. The van der Waals surface area contributed by atoms with E-state index in [1.54, 1.807) is 0 Å². The van der Waals surface area contributed by atoms with Crippen LogP contribution in [-0.2, 0) is 0 Å². The van der Waals surface area contributed by atoms with Crippen LogP contribution >= 0.6 is 0 Å². The number of H-pyrrole nitrogens is 1. The van der Waals surface area contributed by atoms with Gasteiger partial charge in [0.15, 0.2) is 0 Å². The molecular formula is C5H7N5O2. The summed E-state index contributed by atoms with van der Waals surface area (Å²) >= 11 is 0. The summed E-state index contributed by atoms with van der Waals surface area (Å²) in [5.41, 5.74) is 9.01. The van der Waals surface area contributed by atoms with Gasteiger partial charge in [0, 0.05) is 6.20 Å². The van der Waals surface area contributed by atoms with Crippen molar-refractivity contribution in [3.8, 4) is 0 Å². The fourth-order valence-corrected chi connectivity index (χ4v) is 0.566. The lowest BCUT2D eigenvalue weighted by molar-refractivity contribution is 0.0937. The Balaban J connectivity index is 2.45. The molecule has 0 bridgehead atoms. The Morgan fingerprint density at radius 3 is 2.75 bits per heavy atom. The summed E-state index contributed by atoms with van der Waals surface area (Å²) < 4.78 is 0. The first kappa shape index (κ1) is 8.05. The lowest BCUT2D eigenvalue weighted by Gasteiger charge is -2.00. The second-order valence-electron chi connectivity index (χ2n) is 1.93. The fraction of sp³-hybridized carbons (Fsp3) is 0. The van der Waals surface area contributed by atoms with E-state index in [0.717, 1.165) is 0 Å². The first-order valence-corrected chi connectivity index (χ1v) is 3.04. The number of amides is 3. The number of hydrogen-bond donors (Lipinski definition) is 4. The Labute approximate surface area is 67.3 Å². The molecule has 0 unspecified atom stereocenters. The number of carbonyl (C=O) groups is 2. The molecule has 1 aromatic heterocycles. The van der Waals surface area contributed by atoms with Crippen molar-refractivity contribution < 1.29 is 9.59 Å². The second-order valence-corrected chi connectivity index (χ2v) is 1.93. The summed E-state index contributed by atoms with van der Waals surface area (Å²) in [7, 11) is 0. The van der Waals surface area contributed by atoms with Gasteiger partial charge in [-0.15, -0.1) is 0 Å². The van der Waals surface area contributed by atoms with Gasteiger partial charge < -0.3 is 5.73 Å². The maximum absolute atomic E-state index is 11.0. The fourth-order valence-electron chi connectivity index (χ4n) is 0.566. The molecule has 7 nitrogen and oxygen atoms in total. The Morgan fingerprint density at radius 1 is 1.50 bits per heavy atom. The molecule has 0 atom stereocenters. The van der Waals surface area contributed by atoms with Crippen molar-refractivity contribution in [1.82, 2.24) is 21.0 Å². The molecule has 12 heavy (non-hydrogen) atoms. The number of nitrogens with one attached hydrogen (secondary N) is 3. The minimum Gasteiger partial charge on any atom is -0.350 e. The molecule has 0 aliphatic heterocycles. The predicted molar refractivity (Wildman–Crippen MR) is 38.8 cm³/mol. The molecule has 0 aliphatic carbocycles. The van der Waals surface area contributed by atoms with E-state index < -0.39 is 11.9 Å². The smallest absolute Gasteiger partial charge is 0.330 e. The molecule has 0 saturated heterocycles. The van der Waals surface area contributed by atoms with Gasteiger partial charge >= 0.3 is 6.03 Å². The molecule has 7 heteroatoms. The van der Waals surface area contributed by atoms with Crippen molar-refractivity contribution in [2.45, 2.75) is 0 Å². The third-order valence-electron chi connectivity index (χ3n) is 1.06. The normalized spacial score (nSPS) is 9.00. The monoisotopic (exact) mass is 169 g/mol. The molecule has 1 rings (SSSR count). The highest BCUT2D eigenvalue weighted by Crippen LogP contribution is 1.90. The van der Waals surface area contributed by atoms with Crippen LogP contribution in [0.1, 0.15) is 10.4 Å².